The Bertz CT molecular complexity index is 418. The smallest absolute Gasteiger partial charge is 0.193 e. The number of aryl methyl sites for hydroxylation is 1. The monoisotopic (exact) mass is 424 g/mol. The van der Waals surface area contributed by atoms with Crippen molar-refractivity contribution in [3.63, 3.8) is 0 Å². The standard InChI is InChI=1S/C15H28N4S.HI/c1-12(2)8-6-7-9-17-15(16-4)19(5)10-14-11-20-13(3)18-14;/h11-12H,6-10H2,1-5H3,(H,16,17);1H. The fourth-order valence-electron chi connectivity index (χ4n) is 2.06. The molecular formula is C15H29IN4S. The van der Waals surface area contributed by atoms with Crippen LogP contribution in [0.15, 0.2) is 10.4 Å². The van der Waals surface area contributed by atoms with Gasteiger partial charge in [-0.2, -0.15) is 0 Å². The van der Waals surface area contributed by atoms with Crippen LogP contribution in [-0.2, 0) is 6.54 Å². The van der Waals surface area contributed by atoms with Gasteiger partial charge in [0.05, 0.1) is 17.2 Å². The number of guanidine groups is 1. The maximum absolute atomic E-state index is 4.49. The lowest BCUT2D eigenvalue weighted by Crippen LogP contribution is -2.38. The van der Waals surface area contributed by atoms with Crippen molar-refractivity contribution in [2.75, 3.05) is 20.6 Å². The Hall–Kier alpha value is -0.370. The lowest BCUT2D eigenvalue weighted by molar-refractivity contribution is 0.465. The summed E-state index contributed by atoms with van der Waals surface area (Å²) in [5.74, 6) is 1.74. The fraction of sp³-hybridized carbons (Fsp3) is 0.733. The van der Waals surface area contributed by atoms with Crippen molar-refractivity contribution in [1.29, 1.82) is 0 Å². The van der Waals surface area contributed by atoms with Crippen molar-refractivity contribution in [3.05, 3.63) is 16.1 Å². The van der Waals surface area contributed by atoms with Gasteiger partial charge >= 0.3 is 0 Å². The molecule has 6 heteroatoms. The minimum Gasteiger partial charge on any atom is -0.356 e. The van der Waals surface area contributed by atoms with Crippen molar-refractivity contribution in [3.8, 4) is 0 Å². The largest absolute Gasteiger partial charge is 0.356 e. The molecule has 0 bridgehead atoms. The van der Waals surface area contributed by atoms with Gasteiger partial charge in [-0.25, -0.2) is 4.98 Å². The number of nitrogens with zero attached hydrogens (tertiary/aromatic N) is 3. The van der Waals surface area contributed by atoms with Crippen molar-refractivity contribution in [1.82, 2.24) is 15.2 Å². The van der Waals surface area contributed by atoms with E-state index in [1.807, 2.05) is 14.0 Å². The first-order valence-electron chi connectivity index (χ1n) is 7.35. The Morgan fingerprint density at radius 3 is 2.67 bits per heavy atom. The first kappa shape index (κ1) is 20.6. The van der Waals surface area contributed by atoms with Crippen LogP contribution in [0.5, 0.6) is 0 Å². The molecule has 1 N–H and O–H groups in total. The van der Waals surface area contributed by atoms with Crippen LogP contribution in [0.3, 0.4) is 0 Å². The maximum atomic E-state index is 4.49. The van der Waals surface area contributed by atoms with Crippen LogP contribution < -0.4 is 5.32 Å². The Labute approximate surface area is 150 Å². The van der Waals surface area contributed by atoms with Crippen LogP contribution in [0.4, 0.5) is 0 Å². The Morgan fingerprint density at radius 2 is 2.14 bits per heavy atom. The molecule has 1 rings (SSSR count). The van der Waals surface area contributed by atoms with Gasteiger partial charge in [0.25, 0.3) is 0 Å². The van der Waals surface area contributed by atoms with Gasteiger partial charge in [-0.15, -0.1) is 35.3 Å². The molecule has 0 amide bonds. The van der Waals surface area contributed by atoms with Crippen LogP contribution in [0.2, 0.25) is 0 Å². The van der Waals surface area contributed by atoms with E-state index in [-0.39, 0.29) is 24.0 Å². The van der Waals surface area contributed by atoms with Gasteiger partial charge in [-0.05, 0) is 19.3 Å². The zero-order valence-corrected chi connectivity index (χ0v) is 17.0. The van der Waals surface area contributed by atoms with E-state index in [0.717, 1.165) is 35.7 Å². The highest BCUT2D eigenvalue weighted by Gasteiger charge is 2.08. The van der Waals surface area contributed by atoms with E-state index in [4.69, 9.17) is 0 Å². The molecule has 0 saturated heterocycles. The molecule has 0 atom stereocenters. The van der Waals surface area contributed by atoms with Crippen LogP contribution in [0.25, 0.3) is 0 Å². The topological polar surface area (TPSA) is 40.5 Å². The molecule has 0 fully saturated rings. The molecule has 122 valence electrons. The fourth-order valence-corrected chi connectivity index (χ4v) is 2.67. The summed E-state index contributed by atoms with van der Waals surface area (Å²) in [4.78, 5) is 10.9. The number of hydrogen-bond acceptors (Lipinski definition) is 3. The number of nitrogens with one attached hydrogen (secondary N) is 1. The summed E-state index contributed by atoms with van der Waals surface area (Å²) in [5.41, 5.74) is 1.11. The lowest BCUT2D eigenvalue weighted by atomic mass is 10.1. The van der Waals surface area contributed by atoms with Gasteiger partial charge < -0.3 is 10.2 Å². The second-order valence-corrected chi connectivity index (χ2v) is 6.64. The van der Waals surface area contributed by atoms with Crippen molar-refractivity contribution in [2.45, 2.75) is 46.6 Å². The third kappa shape index (κ3) is 8.60. The molecule has 4 nitrogen and oxygen atoms in total. The minimum atomic E-state index is 0. The molecule has 0 radical (unpaired) electrons. The van der Waals surface area contributed by atoms with E-state index in [9.17, 15) is 0 Å². The van der Waals surface area contributed by atoms with E-state index in [1.165, 1.54) is 19.3 Å². The molecule has 0 aliphatic rings. The first-order chi connectivity index (χ1) is 9.52. The molecular weight excluding hydrogens is 395 g/mol. The van der Waals surface area contributed by atoms with Crippen LogP contribution in [0, 0.1) is 12.8 Å². The Morgan fingerprint density at radius 1 is 1.43 bits per heavy atom. The molecule has 0 aliphatic carbocycles. The van der Waals surface area contributed by atoms with Gasteiger partial charge in [0.2, 0.25) is 0 Å². The summed E-state index contributed by atoms with van der Waals surface area (Å²) in [5, 5.41) is 6.65. The predicted molar refractivity (Wildman–Crippen MR) is 104 cm³/mol. The van der Waals surface area contributed by atoms with Crippen molar-refractivity contribution < 1.29 is 0 Å². The molecule has 1 heterocycles. The molecule has 21 heavy (non-hydrogen) atoms. The second kappa shape index (κ2) is 11.2. The SMILES string of the molecule is CN=C(NCCCCC(C)C)N(C)Cc1csc(C)n1.I. The average Bonchev–Trinajstić information content (AvgIpc) is 2.78. The van der Waals surface area contributed by atoms with E-state index in [1.54, 1.807) is 11.3 Å². The van der Waals surface area contributed by atoms with E-state index >= 15 is 0 Å². The van der Waals surface area contributed by atoms with E-state index in [0.29, 0.717) is 0 Å². The minimum absolute atomic E-state index is 0. The molecule has 0 aromatic carbocycles. The summed E-state index contributed by atoms with van der Waals surface area (Å²) >= 11 is 1.69. The summed E-state index contributed by atoms with van der Waals surface area (Å²) in [6.07, 6.45) is 3.77. The van der Waals surface area contributed by atoms with Crippen molar-refractivity contribution in [2.24, 2.45) is 10.9 Å². The Kier molecular flexibility index (Phi) is 11.0. The lowest BCUT2D eigenvalue weighted by Gasteiger charge is -2.21. The van der Waals surface area contributed by atoms with Crippen LogP contribution in [-0.4, -0.2) is 36.5 Å². The zero-order valence-electron chi connectivity index (χ0n) is 13.8. The summed E-state index contributed by atoms with van der Waals surface area (Å²) in [6.45, 7) is 8.37. The first-order valence-corrected chi connectivity index (χ1v) is 8.23. The van der Waals surface area contributed by atoms with Gasteiger partial charge in [-0.1, -0.05) is 26.7 Å². The molecule has 0 aliphatic heterocycles. The normalized spacial score (nSPS) is 11.4. The Balaban J connectivity index is 0.00000400. The highest BCUT2D eigenvalue weighted by atomic mass is 127. The van der Waals surface area contributed by atoms with E-state index in [2.05, 4.69) is 46.5 Å². The summed E-state index contributed by atoms with van der Waals surface area (Å²) < 4.78 is 0. The number of aliphatic imine (C=N–C) groups is 1. The van der Waals surface area contributed by atoms with Crippen LogP contribution >= 0.6 is 35.3 Å². The van der Waals surface area contributed by atoms with Gasteiger partial charge in [0.1, 0.15) is 0 Å². The van der Waals surface area contributed by atoms with Crippen molar-refractivity contribution >= 4 is 41.3 Å². The average molecular weight is 424 g/mol. The van der Waals surface area contributed by atoms with E-state index < -0.39 is 0 Å². The number of hydrogen-bond donors (Lipinski definition) is 1. The highest BCUT2D eigenvalue weighted by Crippen LogP contribution is 2.10. The number of unbranched alkanes of at least 4 members (excludes halogenated alkanes) is 1. The molecule has 1 aromatic rings. The van der Waals surface area contributed by atoms with Crippen LogP contribution in [0.1, 0.15) is 43.8 Å². The molecule has 0 unspecified atom stereocenters. The quantitative estimate of drug-likeness (QED) is 0.312. The maximum Gasteiger partial charge on any atom is 0.193 e. The number of aromatic nitrogens is 1. The summed E-state index contributed by atoms with van der Waals surface area (Å²) in [7, 11) is 3.89. The third-order valence-electron chi connectivity index (χ3n) is 3.13. The number of halogens is 1. The molecule has 0 saturated carbocycles. The second-order valence-electron chi connectivity index (χ2n) is 5.58. The summed E-state index contributed by atoms with van der Waals surface area (Å²) in [6, 6.07) is 0. The van der Waals surface area contributed by atoms with Gasteiger partial charge in [0.15, 0.2) is 5.96 Å². The number of rotatable bonds is 7. The zero-order chi connectivity index (χ0) is 15.0. The highest BCUT2D eigenvalue weighted by molar-refractivity contribution is 14.0. The molecule has 0 spiro atoms. The van der Waals surface area contributed by atoms with Gasteiger partial charge in [-0.3, -0.25) is 4.99 Å². The predicted octanol–water partition coefficient (Wildman–Crippen LogP) is 3.90. The number of thiazole rings is 1. The van der Waals surface area contributed by atoms with Gasteiger partial charge in [0, 0.05) is 26.0 Å². The molecule has 1 aromatic heterocycles. The third-order valence-corrected chi connectivity index (χ3v) is 3.95.